The molecule has 3 aromatic carbocycles. The largest absolute Gasteiger partial charge is 0.490 e. The first-order valence-electron chi connectivity index (χ1n) is 12.7. The van der Waals surface area contributed by atoms with Gasteiger partial charge in [0.1, 0.15) is 6.61 Å². The smallest absolute Gasteiger partial charge is 0.293 e. The van der Waals surface area contributed by atoms with Crippen LogP contribution < -0.4 is 9.47 Å². The van der Waals surface area contributed by atoms with Crippen LogP contribution in [0.3, 0.4) is 0 Å². The van der Waals surface area contributed by atoms with Crippen LogP contribution >= 0.6 is 35.0 Å². The minimum Gasteiger partial charge on any atom is -0.490 e. The van der Waals surface area contributed by atoms with E-state index in [0.717, 1.165) is 34.9 Å². The summed E-state index contributed by atoms with van der Waals surface area (Å²) in [5.74, 6) is 0.862. The maximum atomic E-state index is 13.1. The van der Waals surface area contributed by atoms with Gasteiger partial charge in [-0.25, -0.2) is 0 Å². The fourth-order valence-electron chi connectivity index (χ4n) is 4.22. The number of nitrogens with zero attached hydrogens (tertiary/aromatic N) is 1. The predicted molar refractivity (Wildman–Crippen MR) is 160 cm³/mol. The molecule has 1 fully saturated rings. The lowest BCUT2D eigenvalue weighted by molar-refractivity contribution is -0.122. The number of thioether (sulfide) groups is 1. The summed E-state index contributed by atoms with van der Waals surface area (Å²) in [6, 6.07) is 19.1. The standard InChI is InChI=1S/C31H29Cl2NO4S/c1-3-9-24-16-23(18-27(37-4-2)29(24)38-20-22-13-14-25(32)26(33)17-22)19-28-30(35)34(31(36)39-28)15-8-12-21-10-6-5-7-11-21/h3,5-7,10-11,13-14,16-19H,1,4,8-9,12,15,20H2,2H3/b28-19+. The van der Waals surface area contributed by atoms with Gasteiger partial charge in [-0.05, 0) is 85.0 Å². The lowest BCUT2D eigenvalue weighted by Crippen LogP contribution is -2.29. The van der Waals surface area contributed by atoms with Gasteiger partial charge >= 0.3 is 0 Å². The average molecular weight is 583 g/mol. The SMILES string of the molecule is C=CCc1cc(/C=C2/SC(=O)N(CCCc3ccccc3)C2=O)cc(OCC)c1OCc1ccc(Cl)c(Cl)c1. The van der Waals surface area contributed by atoms with Crippen LogP contribution in [0.25, 0.3) is 6.08 Å². The van der Waals surface area contributed by atoms with E-state index in [1.54, 1.807) is 24.3 Å². The molecule has 0 bridgehead atoms. The lowest BCUT2D eigenvalue weighted by Gasteiger charge is -2.17. The van der Waals surface area contributed by atoms with Gasteiger partial charge < -0.3 is 9.47 Å². The molecule has 1 aliphatic rings. The molecule has 0 radical (unpaired) electrons. The highest BCUT2D eigenvalue weighted by atomic mass is 35.5. The number of benzene rings is 3. The molecule has 39 heavy (non-hydrogen) atoms. The third-order valence-electron chi connectivity index (χ3n) is 6.05. The molecule has 8 heteroatoms. The molecule has 0 spiro atoms. The summed E-state index contributed by atoms with van der Waals surface area (Å²) in [4.78, 5) is 27.4. The molecular weight excluding hydrogens is 553 g/mol. The molecule has 1 saturated heterocycles. The van der Waals surface area contributed by atoms with Crippen molar-refractivity contribution in [3.8, 4) is 11.5 Å². The summed E-state index contributed by atoms with van der Waals surface area (Å²) in [6.45, 7) is 6.84. The Hall–Kier alpha value is -3.19. The van der Waals surface area contributed by atoms with Gasteiger partial charge in [0.05, 0.1) is 21.6 Å². The van der Waals surface area contributed by atoms with Crippen molar-refractivity contribution < 1.29 is 19.1 Å². The van der Waals surface area contributed by atoms with Gasteiger partial charge in [0.15, 0.2) is 11.5 Å². The first-order valence-corrected chi connectivity index (χ1v) is 14.2. The fraction of sp³-hybridized carbons (Fsp3) is 0.226. The first kappa shape index (κ1) is 28.8. The van der Waals surface area contributed by atoms with Crippen LogP contribution in [0.15, 0.2) is 78.2 Å². The molecule has 2 amide bonds. The van der Waals surface area contributed by atoms with Crippen molar-refractivity contribution in [2.24, 2.45) is 0 Å². The maximum Gasteiger partial charge on any atom is 0.293 e. The Morgan fingerprint density at radius 2 is 1.77 bits per heavy atom. The van der Waals surface area contributed by atoms with Crippen molar-refractivity contribution in [2.45, 2.75) is 32.8 Å². The molecule has 0 unspecified atom stereocenters. The summed E-state index contributed by atoms with van der Waals surface area (Å²) in [6.07, 6.45) is 5.55. The minimum atomic E-state index is -0.277. The molecule has 1 heterocycles. The van der Waals surface area contributed by atoms with Crippen molar-refractivity contribution in [1.29, 1.82) is 0 Å². The predicted octanol–water partition coefficient (Wildman–Crippen LogP) is 8.37. The van der Waals surface area contributed by atoms with Crippen molar-refractivity contribution in [1.82, 2.24) is 4.90 Å². The molecule has 202 valence electrons. The zero-order chi connectivity index (χ0) is 27.8. The molecule has 0 atom stereocenters. The molecule has 0 aromatic heterocycles. The molecule has 3 aromatic rings. The maximum absolute atomic E-state index is 13.1. The number of aryl methyl sites for hydroxylation is 1. The summed E-state index contributed by atoms with van der Waals surface area (Å²) < 4.78 is 12.1. The Kier molecular flexibility index (Phi) is 10.2. The number of halogens is 2. The normalized spacial score (nSPS) is 14.2. The van der Waals surface area contributed by atoms with Gasteiger partial charge in [0.2, 0.25) is 0 Å². The molecule has 0 N–H and O–H groups in total. The van der Waals surface area contributed by atoms with Crippen molar-refractivity contribution in [3.63, 3.8) is 0 Å². The number of imide groups is 1. The number of amides is 2. The van der Waals surface area contributed by atoms with E-state index in [0.29, 0.717) is 52.4 Å². The Bertz CT molecular complexity index is 1390. The minimum absolute atomic E-state index is 0.253. The van der Waals surface area contributed by atoms with Crippen LogP contribution in [0.1, 0.15) is 35.6 Å². The second-order valence-electron chi connectivity index (χ2n) is 8.89. The topological polar surface area (TPSA) is 55.8 Å². The second-order valence-corrected chi connectivity index (χ2v) is 10.7. The average Bonchev–Trinajstić information content (AvgIpc) is 3.18. The van der Waals surface area contributed by atoms with Crippen LogP contribution in [0.4, 0.5) is 4.79 Å². The summed E-state index contributed by atoms with van der Waals surface area (Å²) >= 11 is 13.2. The van der Waals surface area contributed by atoms with Crippen LogP contribution in [0.2, 0.25) is 10.0 Å². The van der Waals surface area contributed by atoms with Gasteiger partial charge in [-0.1, -0.05) is 65.7 Å². The Balaban J connectivity index is 1.53. The molecule has 0 saturated carbocycles. The highest BCUT2D eigenvalue weighted by Crippen LogP contribution is 2.38. The number of rotatable bonds is 12. The molecule has 1 aliphatic heterocycles. The lowest BCUT2D eigenvalue weighted by atomic mass is 10.0. The van der Waals surface area contributed by atoms with Crippen molar-refractivity contribution in [2.75, 3.05) is 13.2 Å². The van der Waals surface area contributed by atoms with E-state index in [4.69, 9.17) is 32.7 Å². The second kappa shape index (κ2) is 13.7. The number of carbonyl (C=O) groups is 2. The summed E-state index contributed by atoms with van der Waals surface area (Å²) in [5, 5.41) is 0.684. The van der Waals surface area contributed by atoms with E-state index in [2.05, 4.69) is 6.58 Å². The Morgan fingerprint density at radius 1 is 0.974 bits per heavy atom. The van der Waals surface area contributed by atoms with Crippen LogP contribution in [-0.4, -0.2) is 29.2 Å². The van der Waals surface area contributed by atoms with Gasteiger partial charge in [0.25, 0.3) is 11.1 Å². The highest BCUT2D eigenvalue weighted by molar-refractivity contribution is 8.18. The van der Waals surface area contributed by atoms with Gasteiger partial charge in [0, 0.05) is 12.1 Å². The molecular formula is C31H29Cl2NO4S. The fourth-order valence-corrected chi connectivity index (χ4v) is 5.40. The number of allylic oxidation sites excluding steroid dienone is 1. The number of hydrogen-bond acceptors (Lipinski definition) is 5. The monoisotopic (exact) mass is 581 g/mol. The number of ether oxygens (including phenoxy) is 2. The quantitative estimate of drug-likeness (QED) is 0.159. The molecule has 0 aliphatic carbocycles. The van der Waals surface area contributed by atoms with Crippen LogP contribution in [0.5, 0.6) is 11.5 Å². The van der Waals surface area contributed by atoms with Gasteiger partial charge in [-0.15, -0.1) is 6.58 Å². The summed E-state index contributed by atoms with van der Waals surface area (Å²) in [7, 11) is 0. The van der Waals surface area contributed by atoms with Gasteiger partial charge in [-0.3, -0.25) is 14.5 Å². The Morgan fingerprint density at radius 3 is 2.49 bits per heavy atom. The van der Waals surface area contributed by atoms with E-state index < -0.39 is 0 Å². The van der Waals surface area contributed by atoms with E-state index >= 15 is 0 Å². The third kappa shape index (κ3) is 7.47. The Labute approximate surface area is 243 Å². The number of carbonyl (C=O) groups excluding carboxylic acids is 2. The van der Waals surface area contributed by atoms with E-state index in [-0.39, 0.29) is 17.8 Å². The van der Waals surface area contributed by atoms with Crippen LogP contribution in [-0.2, 0) is 24.2 Å². The van der Waals surface area contributed by atoms with E-state index in [1.165, 1.54) is 10.5 Å². The number of hydrogen-bond donors (Lipinski definition) is 0. The van der Waals surface area contributed by atoms with E-state index in [9.17, 15) is 9.59 Å². The third-order valence-corrected chi connectivity index (χ3v) is 7.69. The molecule has 4 rings (SSSR count). The first-order chi connectivity index (χ1) is 18.9. The highest BCUT2D eigenvalue weighted by Gasteiger charge is 2.34. The van der Waals surface area contributed by atoms with Gasteiger partial charge in [-0.2, -0.15) is 0 Å². The van der Waals surface area contributed by atoms with Crippen molar-refractivity contribution in [3.05, 3.63) is 111 Å². The molecule has 5 nitrogen and oxygen atoms in total. The van der Waals surface area contributed by atoms with E-state index in [1.807, 2.05) is 55.5 Å². The zero-order valence-electron chi connectivity index (χ0n) is 21.6. The zero-order valence-corrected chi connectivity index (χ0v) is 24.0. The van der Waals surface area contributed by atoms with Crippen LogP contribution in [0, 0.1) is 0 Å². The van der Waals surface area contributed by atoms with Crippen molar-refractivity contribution >= 4 is 52.2 Å². The summed E-state index contributed by atoms with van der Waals surface area (Å²) in [5.41, 5.74) is 3.64.